The molecule has 6 nitrogen and oxygen atoms in total. The summed E-state index contributed by atoms with van der Waals surface area (Å²) in [4.78, 5) is 38.0. The van der Waals surface area contributed by atoms with Crippen molar-refractivity contribution in [3.8, 4) is 0 Å². The summed E-state index contributed by atoms with van der Waals surface area (Å²) in [6.45, 7) is 6.55. The minimum absolute atomic E-state index is 0.0979. The Morgan fingerprint density at radius 2 is 0.576 bits per heavy atom. The van der Waals surface area contributed by atoms with Gasteiger partial charge in [-0.25, -0.2) is 0 Å². The molecule has 0 aromatic heterocycles. The highest BCUT2D eigenvalue weighted by molar-refractivity contribution is 5.71. The average molecular weight is 921 g/mol. The molecule has 0 bridgehead atoms. The predicted molar refractivity (Wildman–Crippen MR) is 284 cm³/mol. The Bertz CT molecular complexity index is 1240. The van der Waals surface area contributed by atoms with Gasteiger partial charge in [0.25, 0.3) is 0 Å². The maximum Gasteiger partial charge on any atom is 0.306 e. The van der Waals surface area contributed by atoms with Gasteiger partial charge in [-0.2, -0.15) is 0 Å². The summed E-state index contributed by atoms with van der Waals surface area (Å²) >= 11 is 0. The lowest BCUT2D eigenvalue weighted by molar-refractivity contribution is -0.166. The molecule has 0 aliphatic rings. The van der Waals surface area contributed by atoms with Crippen molar-refractivity contribution in [3.63, 3.8) is 0 Å². The number of esters is 3. The zero-order chi connectivity index (χ0) is 47.9. The van der Waals surface area contributed by atoms with Gasteiger partial charge < -0.3 is 14.2 Å². The molecule has 0 aromatic carbocycles. The lowest BCUT2D eigenvalue weighted by atomic mass is 10.0. The standard InChI is InChI=1S/C60H104O6/c1-4-7-10-13-16-19-22-25-27-29-30-32-33-35-38-41-44-47-50-53-59(62)65-56-57(55-64-58(61)52-49-46-43-40-37-24-21-18-15-12-9-6-3)66-60(63)54-51-48-45-42-39-36-34-31-28-26-23-20-17-14-11-8-5-2/h16,19,25-28,30,32,35,38,44,47,57H,4-15,17-18,20-24,29,31,33-34,36-37,39-43,45-46,48-56H2,1-3H3/b19-16-,27-25-,28-26-,32-30-,38-35-,47-44-/t57-/m0/s1. The summed E-state index contributed by atoms with van der Waals surface area (Å²) in [7, 11) is 0. The van der Waals surface area contributed by atoms with Gasteiger partial charge >= 0.3 is 17.9 Å². The van der Waals surface area contributed by atoms with E-state index in [9.17, 15) is 14.4 Å². The van der Waals surface area contributed by atoms with Gasteiger partial charge in [-0.1, -0.05) is 241 Å². The molecule has 0 saturated heterocycles. The molecule has 1 atom stereocenters. The summed E-state index contributed by atoms with van der Waals surface area (Å²) in [6, 6.07) is 0. The molecular weight excluding hydrogens is 817 g/mol. The molecule has 0 rings (SSSR count). The van der Waals surface area contributed by atoms with Gasteiger partial charge in [0.15, 0.2) is 6.10 Å². The van der Waals surface area contributed by atoms with Gasteiger partial charge in [-0.15, -0.1) is 0 Å². The molecule has 0 heterocycles. The van der Waals surface area contributed by atoms with E-state index in [1.807, 2.05) is 6.08 Å². The Kier molecular flexibility index (Phi) is 51.9. The summed E-state index contributed by atoms with van der Waals surface area (Å²) in [6.07, 6.45) is 69.0. The molecule has 0 aliphatic heterocycles. The first-order valence-electron chi connectivity index (χ1n) is 27.9. The number of unbranched alkanes of at least 4 members (excludes halogenated alkanes) is 27. The predicted octanol–water partition coefficient (Wildman–Crippen LogP) is 18.6. The first-order valence-corrected chi connectivity index (χ1v) is 27.9. The van der Waals surface area contributed by atoms with Gasteiger partial charge in [0.05, 0.1) is 0 Å². The van der Waals surface area contributed by atoms with Crippen molar-refractivity contribution < 1.29 is 28.6 Å². The second-order valence-electron chi connectivity index (χ2n) is 18.5. The SMILES string of the molecule is CCCCC/C=C\C/C=C\C/C=C\C/C=C\C/C=C\CCC(=O)OC[C@H](COC(=O)CCCCCCCCCCCCCC)OC(=O)CCCCCCCCC/C=C\CCCCCCCC. The average Bonchev–Trinajstić information content (AvgIpc) is 3.31. The third-order valence-corrected chi connectivity index (χ3v) is 11.9. The number of rotatable bonds is 50. The van der Waals surface area contributed by atoms with Crippen LogP contribution in [0.1, 0.15) is 271 Å². The first kappa shape index (κ1) is 62.8. The van der Waals surface area contributed by atoms with Crippen LogP contribution in [-0.2, 0) is 28.6 Å². The zero-order valence-corrected chi connectivity index (χ0v) is 43.4. The fraction of sp³-hybridized carbons (Fsp3) is 0.750. The highest BCUT2D eigenvalue weighted by atomic mass is 16.6. The Morgan fingerprint density at radius 1 is 0.303 bits per heavy atom. The van der Waals surface area contributed by atoms with Crippen LogP contribution in [0.5, 0.6) is 0 Å². The van der Waals surface area contributed by atoms with E-state index >= 15 is 0 Å². The highest BCUT2D eigenvalue weighted by Crippen LogP contribution is 2.15. The van der Waals surface area contributed by atoms with E-state index in [0.29, 0.717) is 19.3 Å². The number of hydrogen-bond acceptors (Lipinski definition) is 6. The highest BCUT2D eigenvalue weighted by Gasteiger charge is 2.19. The van der Waals surface area contributed by atoms with Crippen LogP contribution in [0.4, 0.5) is 0 Å². The van der Waals surface area contributed by atoms with Crippen LogP contribution in [0.2, 0.25) is 0 Å². The molecule has 0 unspecified atom stereocenters. The molecule has 0 spiro atoms. The molecule has 6 heteroatoms. The molecule has 0 amide bonds. The molecule has 0 saturated carbocycles. The number of hydrogen-bond donors (Lipinski definition) is 0. The third kappa shape index (κ3) is 51.8. The van der Waals surface area contributed by atoms with Crippen LogP contribution in [0.3, 0.4) is 0 Å². The molecule has 0 aliphatic carbocycles. The number of allylic oxidation sites excluding steroid dienone is 12. The van der Waals surface area contributed by atoms with E-state index in [2.05, 4.69) is 87.6 Å². The summed E-state index contributed by atoms with van der Waals surface area (Å²) in [5, 5.41) is 0. The van der Waals surface area contributed by atoms with Gasteiger partial charge in [0.2, 0.25) is 0 Å². The fourth-order valence-electron chi connectivity index (χ4n) is 7.71. The summed E-state index contributed by atoms with van der Waals surface area (Å²) in [5.74, 6) is -0.982. The minimum Gasteiger partial charge on any atom is -0.462 e. The molecule has 0 aromatic rings. The second kappa shape index (κ2) is 54.5. The smallest absolute Gasteiger partial charge is 0.306 e. The molecular formula is C60H104O6. The second-order valence-corrected chi connectivity index (χ2v) is 18.5. The van der Waals surface area contributed by atoms with E-state index < -0.39 is 6.10 Å². The normalized spacial score (nSPS) is 12.6. The number of carbonyl (C=O) groups excluding carboxylic acids is 3. The van der Waals surface area contributed by atoms with Crippen molar-refractivity contribution in [3.05, 3.63) is 72.9 Å². The van der Waals surface area contributed by atoms with Crippen LogP contribution >= 0.6 is 0 Å². The largest absolute Gasteiger partial charge is 0.462 e. The fourth-order valence-corrected chi connectivity index (χ4v) is 7.71. The van der Waals surface area contributed by atoms with Crippen molar-refractivity contribution in [2.45, 2.75) is 277 Å². The maximum atomic E-state index is 12.8. The maximum absolute atomic E-state index is 12.8. The summed E-state index contributed by atoms with van der Waals surface area (Å²) < 4.78 is 16.8. The first-order chi connectivity index (χ1) is 32.5. The lowest BCUT2D eigenvalue weighted by Crippen LogP contribution is -2.30. The van der Waals surface area contributed by atoms with E-state index in [-0.39, 0.29) is 37.5 Å². The van der Waals surface area contributed by atoms with Crippen molar-refractivity contribution >= 4 is 17.9 Å². The molecule has 380 valence electrons. The van der Waals surface area contributed by atoms with E-state index in [1.165, 1.54) is 161 Å². The Labute approximate surface area is 408 Å². The van der Waals surface area contributed by atoms with Crippen LogP contribution < -0.4 is 0 Å². The van der Waals surface area contributed by atoms with Crippen molar-refractivity contribution in [2.24, 2.45) is 0 Å². The summed E-state index contributed by atoms with van der Waals surface area (Å²) in [5.41, 5.74) is 0. The topological polar surface area (TPSA) is 78.9 Å². The van der Waals surface area contributed by atoms with E-state index in [1.54, 1.807) is 0 Å². The molecule has 66 heavy (non-hydrogen) atoms. The molecule has 0 radical (unpaired) electrons. The Balaban J connectivity index is 4.47. The van der Waals surface area contributed by atoms with Gasteiger partial charge in [0, 0.05) is 19.3 Å². The van der Waals surface area contributed by atoms with Crippen LogP contribution in [0.25, 0.3) is 0 Å². The molecule has 0 N–H and O–H groups in total. The minimum atomic E-state index is -0.805. The van der Waals surface area contributed by atoms with Gasteiger partial charge in [-0.05, 0) is 83.5 Å². The monoisotopic (exact) mass is 921 g/mol. The van der Waals surface area contributed by atoms with Gasteiger partial charge in [0.1, 0.15) is 13.2 Å². The van der Waals surface area contributed by atoms with Crippen LogP contribution in [-0.4, -0.2) is 37.2 Å². The third-order valence-electron chi connectivity index (χ3n) is 11.9. The molecule has 0 fully saturated rings. The number of ether oxygens (including phenoxy) is 3. The van der Waals surface area contributed by atoms with Crippen LogP contribution in [0, 0.1) is 0 Å². The quantitative estimate of drug-likeness (QED) is 0.0262. The van der Waals surface area contributed by atoms with Crippen molar-refractivity contribution in [1.29, 1.82) is 0 Å². The van der Waals surface area contributed by atoms with Crippen molar-refractivity contribution in [2.75, 3.05) is 13.2 Å². The Hall–Kier alpha value is -3.15. The number of carbonyl (C=O) groups is 3. The van der Waals surface area contributed by atoms with Crippen LogP contribution in [0.15, 0.2) is 72.9 Å². The zero-order valence-electron chi connectivity index (χ0n) is 43.4. The lowest BCUT2D eigenvalue weighted by Gasteiger charge is -2.18. The van der Waals surface area contributed by atoms with Crippen molar-refractivity contribution in [1.82, 2.24) is 0 Å². The Morgan fingerprint density at radius 3 is 0.985 bits per heavy atom. The van der Waals surface area contributed by atoms with E-state index in [4.69, 9.17) is 14.2 Å². The van der Waals surface area contributed by atoms with E-state index in [0.717, 1.165) is 64.2 Å². The van der Waals surface area contributed by atoms with Gasteiger partial charge in [-0.3, -0.25) is 14.4 Å².